The standard InChI is InChI=1S/C22H15Cl2NO3/c1-2-12-5-3-6-13-15(22(26)27)11-17(25-21(12)13)19-10-9-18(28-19)14-7-4-8-16(23)20(14)24/h3-11H,2H2,1H3,(H,26,27). The number of hydrogen-bond acceptors (Lipinski definition) is 3. The fraction of sp³-hybridized carbons (Fsp3) is 0.0909. The van der Waals surface area contributed by atoms with E-state index in [1.165, 1.54) is 6.07 Å². The molecular formula is C22H15Cl2NO3. The Bertz CT molecular complexity index is 1210. The van der Waals surface area contributed by atoms with Crippen molar-refractivity contribution in [3.63, 3.8) is 0 Å². The molecule has 0 spiro atoms. The van der Waals surface area contributed by atoms with Crippen LogP contribution in [0, 0.1) is 0 Å². The number of benzene rings is 2. The maximum absolute atomic E-state index is 11.8. The summed E-state index contributed by atoms with van der Waals surface area (Å²) in [5.41, 5.74) is 2.95. The molecule has 0 unspecified atom stereocenters. The smallest absolute Gasteiger partial charge is 0.336 e. The number of para-hydroxylation sites is 1. The lowest BCUT2D eigenvalue weighted by Crippen LogP contribution is -2.01. The highest BCUT2D eigenvalue weighted by Crippen LogP contribution is 2.36. The molecule has 0 saturated carbocycles. The topological polar surface area (TPSA) is 63.3 Å². The number of carbonyl (C=O) groups is 1. The fourth-order valence-electron chi connectivity index (χ4n) is 3.21. The van der Waals surface area contributed by atoms with Crippen molar-refractivity contribution in [2.75, 3.05) is 0 Å². The average molecular weight is 412 g/mol. The molecule has 0 fully saturated rings. The van der Waals surface area contributed by atoms with Crippen LogP contribution in [0.5, 0.6) is 0 Å². The predicted octanol–water partition coefficient (Wildman–Crippen LogP) is 6.73. The SMILES string of the molecule is CCc1cccc2c(C(=O)O)cc(-c3ccc(-c4cccc(Cl)c4Cl)o3)nc12. The van der Waals surface area contributed by atoms with Crippen molar-refractivity contribution in [3.05, 3.63) is 75.8 Å². The normalized spacial score (nSPS) is 11.1. The number of aromatic nitrogens is 1. The molecule has 4 aromatic rings. The van der Waals surface area contributed by atoms with Gasteiger partial charge < -0.3 is 9.52 Å². The highest BCUT2D eigenvalue weighted by Gasteiger charge is 2.17. The molecule has 2 aromatic heterocycles. The van der Waals surface area contributed by atoms with Crippen LogP contribution >= 0.6 is 23.2 Å². The van der Waals surface area contributed by atoms with Crippen molar-refractivity contribution in [3.8, 4) is 22.8 Å². The Labute approximate surface area is 171 Å². The molecular weight excluding hydrogens is 397 g/mol. The summed E-state index contributed by atoms with van der Waals surface area (Å²) < 4.78 is 5.95. The first-order valence-corrected chi connectivity index (χ1v) is 9.45. The van der Waals surface area contributed by atoms with Crippen molar-refractivity contribution in [2.45, 2.75) is 13.3 Å². The summed E-state index contributed by atoms with van der Waals surface area (Å²) in [6.45, 7) is 2.01. The summed E-state index contributed by atoms with van der Waals surface area (Å²) >= 11 is 12.4. The molecule has 140 valence electrons. The molecule has 0 aliphatic carbocycles. The average Bonchev–Trinajstić information content (AvgIpc) is 3.18. The molecule has 6 heteroatoms. The van der Waals surface area contributed by atoms with Gasteiger partial charge in [-0.15, -0.1) is 0 Å². The van der Waals surface area contributed by atoms with E-state index in [9.17, 15) is 9.90 Å². The van der Waals surface area contributed by atoms with Crippen LogP contribution in [0.25, 0.3) is 33.7 Å². The molecule has 1 N–H and O–H groups in total. The first-order valence-electron chi connectivity index (χ1n) is 8.70. The third-order valence-electron chi connectivity index (χ3n) is 4.61. The Balaban J connectivity index is 1.89. The Morgan fingerprint density at radius 1 is 1.07 bits per heavy atom. The van der Waals surface area contributed by atoms with E-state index in [2.05, 4.69) is 0 Å². The van der Waals surface area contributed by atoms with Crippen molar-refractivity contribution in [1.29, 1.82) is 0 Å². The molecule has 28 heavy (non-hydrogen) atoms. The molecule has 2 aromatic carbocycles. The predicted molar refractivity (Wildman–Crippen MR) is 111 cm³/mol. The number of aromatic carboxylic acids is 1. The van der Waals surface area contributed by atoms with E-state index in [0.717, 1.165) is 12.0 Å². The summed E-state index contributed by atoms with van der Waals surface area (Å²) in [4.78, 5) is 16.5. The van der Waals surface area contributed by atoms with Gasteiger partial charge in [0.15, 0.2) is 5.76 Å². The number of carboxylic acid groups (broad SMARTS) is 1. The van der Waals surface area contributed by atoms with Gasteiger partial charge >= 0.3 is 5.97 Å². The number of fused-ring (bicyclic) bond motifs is 1. The van der Waals surface area contributed by atoms with Gasteiger partial charge in [-0.2, -0.15) is 0 Å². The van der Waals surface area contributed by atoms with Crippen molar-refractivity contribution >= 4 is 40.1 Å². The summed E-state index contributed by atoms with van der Waals surface area (Å²) in [7, 11) is 0. The van der Waals surface area contributed by atoms with Crippen LogP contribution in [-0.2, 0) is 6.42 Å². The number of rotatable bonds is 4. The molecule has 0 saturated heterocycles. The zero-order chi connectivity index (χ0) is 19.8. The monoisotopic (exact) mass is 411 g/mol. The Hall–Kier alpha value is -2.82. The number of pyridine rings is 1. The van der Waals surface area contributed by atoms with E-state index in [4.69, 9.17) is 32.6 Å². The van der Waals surface area contributed by atoms with Gasteiger partial charge in [-0.3, -0.25) is 0 Å². The molecule has 0 aliphatic rings. The van der Waals surface area contributed by atoms with Crippen LogP contribution in [0.4, 0.5) is 0 Å². The maximum atomic E-state index is 11.8. The van der Waals surface area contributed by atoms with Crippen LogP contribution in [-0.4, -0.2) is 16.1 Å². The molecule has 0 bridgehead atoms. The number of furan rings is 1. The van der Waals surface area contributed by atoms with Crippen LogP contribution in [0.2, 0.25) is 10.0 Å². The highest BCUT2D eigenvalue weighted by atomic mass is 35.5. The van der Waals surface area contributed by atoms with Crippen LogP contribution in [0.15, 0.2) is 59.0 Å². The lowest BCUT2D eigenvalue weighted by atomic mass is 10.0. The first-order chi connectivity index (χ1) is 13.5. The van der Waals surface area contributed by atoms with E-state index in [-0.39, 0.29) is 5.56 Å². The lowest BCUT2D eigenvalue weighted by Gasteiger charge is -2.09. The van der Waals surface area contributed by atoms with E-state index >= 15 is 0 Å². The summed E-state index contributed by atoms with van der Waals surface area (Å²) in [6, 6.07) is 15.9. The zero-order valence-electron chi connectivity index (χ0n) is 14.9. The van der Waals surface area contributed by atoms with Crippen molar-refractivity contribution in [2.24, 2.45) is 0 Å². The first kappa shape index (κ1) is 18.5. The molecule has 4 rings (SSSR count). The van der Waals surface area contributed by atoms with Crippen LogP contribution in [0.3, 0.4) is 0 Å². The summed E-state index contributed by atoms with van der Waals surface area (Å²) in [6.07, 6.45) is 0.744. The molecule has 0 aliphatic heterocycles. The molecule has 2 heterocycles. The minimum absolute atomic E-state index is 0.189. The zero-order valence-corrected chi connectivity index (χ0v) is 16.4. The minimum atomic E-state index is -1.01. The second kappa shape index (κ2) is 7.30. The van der Waals surface area contributed by atoms with Crippen molar-refractivity contribution < 1.29 is 14.3 Å². The van der Waals surface area contributed by atoms with Gasteiger partial charge in [0.1, 0.15) is 11.5 Å². The molecule has 0 atom stereocenters. The third kappa shape index (κ3) is 3.15. The molecule has 0 amide bonds. The maximum Gasteiger partial charge on any atom is 0.336 e. The van der Waals surface area contributed by atoms with Gasteiger partial charge in [0.2, 0.25) is 0 Å². The number of carboxylic acids is 1. The van der Waals surface area contributed by atoms with Gasteiger partial charge in [0.05, 0.1) is 21.1 Å². The van der Waals surface area contributed by atoms with E-state index in [1.807, 2.05) is 25.1 Å². The van der Waals surface area contributed by atoms with Gasteiger partial charge in [-0.05, 0) is 42.3 Å². The quantitative estimate of drug-likeness (QED) is 0.404. The third-order valence-corrected chi connectivity index (χ3v) is 5.43. The fourth-order valence-corrected chi connectivity index (χ4v) is 3.60. The highest BCUT2D eigenvalue weighted by molar-refractivity contribution is 6.43. The number of hydrogen-bond donors (Lipinski definition) is 1. The van der Waals surface area contributed by atoms with Gasteiger partial charge in [-0.25, -0.2) is 9.78 Å². The Morgan fingerprint density at radius 2 is 1.82 bits per heavy atom. The van der Waals surface area contributed by atoms with E-state index in [1.54, 1.807) is 30.3 Å². The van der Waals surface area contributed by atoms with E-state index in [0.29, 0.717) is 43.7 Å². The molecule has 0 radical (unpaired) electrons. The number of halogens is 2. The van der Waals surface area contributed by atoms with Gasteiger partial charge in [-0.1, -0.05) is 54.4 Å². The number of aryl methyl sites for hydroxylation is 1. The summed E-state index contributed by atoms with van der Waals surface area (Å²) in [5.74, 6) is -0.0158. The summed E-state index contributed by atoms with van der Waals surface area (Å²) in [5, 5.41) is 11.1. The van der Waals surface area contributed by atoms with Crippen molar-refractivity contribution in [1.82, 2.24) is 4.98 Å². The largest absolute Gasteiger partial charge is 0.478 e. The second-order valence-electron chi connectivity index (χ2n) is 6.29. The van der Waals surface area contributed by atoms with Gasteiger partial charge in [0, 0.05) is 10.9 Å². The van der Waals surface area contributed by atoms with Crippen LogP contribution < -0.4 is 0 Å². The van der Waals surface area contributed by atoms with Gasteiger partial charge in [0.25, 0.3) is 0 Å². The second-order valence-corrected chi connectivity index (χ2v) is 7.08. The lowest BCUT2D eigenvalue weighted by molar-refractivity contribution is 0.0699. The number of nitrogens with zero attached hydrogens (tertiary/aromatic N) is 1. The Morgan fingerprint density at radius 3 is 2.57 bits per heavy atom. The minimum Gasteiger partial charge on any atom is -0.478 e. The van der Waals surface area contributed by atoms with Crippen LogP contribution in [0.1, 0.15) is 22.8 Å². The molecule has 4 nitrogen and oxygen atoms in total. The Kier molecular flexibility index (Phi) is 4.84. The van der Waals surface area contributed by atoms with E-state index < -0.39 is 5.97 Å².